The quantitative estimate of drug-likeness (QED) is 0.840. The van der Waals surface area contributed by atoms with Crippen molar-refractivity contribution in [2.24, 2.45) is 0 Å². The monoisotopic (exact) mass is 358 g/mol. The van der Waals surface area contributed by atoms with Gasteiger partial charge in [0.25, 0.3) is 0 Å². The van der Waals surface area contributed by atoms with Crippen LogP contribution in [-0.4, -0.2) is 5.11 Å². The van der Waals surface area contributed by atoms with Crippen LogP contribution < -0.4 is 0 Å². The minimum atomic E-state index is -0.834. The molecule has 0 amide bonds. The van der Waals surface area contributed by atoms with E-state index in [2.05, 4.69) is 31.9 Å². The smallest absolute Gasteiger partial charge is 0.123 e. The normalized spacial score (nSPS) is 12.5. The van der Waals surface area contributed by atoms with E-state index < -0.39 is 6.10 Å². The molecule has 0 saturated carbocycles. The molecule has 0 saturated heterocycles. The molecule has 0 fully saturated rings. The second kappa shape index (κ2) is 5.29. The Morgan fingerprint density at radius 3 is 2.18 bits per heavy atom. The third-order valence-corrected chi connectivity index (χ3v) is 3.28. The minimum Gasteiger partial charge on any atom is -0.384 e. The summed E-state index contributed by atoms with van der Waals surface area (Å²) in [5, 5.41) is 10.2. The molecule has 0 aliphatic rings. The van der Waals surface area contributed by atoms with Gasteiger partial charge in [-0.1, -0.05) is 44.0 Å². The Balaban J connectivity index is 2.39. The first kappa shape index (κ1) is 12.7. The Hall–Kier alpha value is -0.710. The first-order chi connectivity index (χ1) is 8.06. The summed E-state index contributed by atoms with van der Waals surface area (Å²) in [6.07, 6.45) is -0.834. The fraction of sp³-hybridized carbons (Fsp3) is 0.0769. The van der Waals surface area contributed by atoms with Gasteiger partial charge in [0.1, 0.15) is 11.9 Å². The second-order valence-corrected chi connectivity index (χ2v) is 5.49. The van der Waals surface area contributed by atoms with Crippen molar-refractivity contribution in [1.82, 2.24) is 0 Å². The molecular weight excluding hydrogens is 351 g/mol. The molecular formula is C13H9Br2FO. The standard InChI is InChI=1S/C13H9Br2FO/c14-10-4-9(5-11(15)7-10)13(17)8-2-1-3-12(16)6-8/h1-7,13,17H. The molecule has 0 spiro atoms. The lowest BCUT2D eigenvalue weighted by Gasteiger charge is -2.12. The number of halogens is 3. The van der Waals surface area contributed by atoms with Gasteiger partial charge in [0.15, 0.2) is 0 Å². The highest BCUT2D eigenvalue weighted by atomic mass is 79.9. The summed E-state index contributed by atoms with van der Waals surface area (Å²) in [4.78, 5) is 0. The van der Waals surface area contributed by atoms with Crippen LogP contribution in [-0.2, 0) is 0 Å². The maximum absolute atomic E-state index is 13.1. The lowest BCUT2D eigenvalue weighted by Crippen LogP contribution is -2.00. The topological polar surface area (TPSA) is 20.2 Å². The number of rotatable bonds is 2. The molecule has 2 aromatic carbocycles. The van der Waals surface area contributed by atoms with E-state index in [1.165, 1.54) is 12.1 Å². The predicted molar refractivity (Wildman–Crippen MR) is 72.3 cm³/mol. The van der Waals surface area contributed by atoms with E-state index in [9.17, 15) is 9.50 Å². The molecule has 1 atom stereocenters. The van der Waals surface area contributed by atoms with Gasteiger partial charge in [0, 0.05) is 8.95 Å². The fourth-order valence-corrected chi connectivity index (χ4v) is 2.93. The van der Waals surface area contributed by atoms with E-state index in [1.807, 2.05) is 6.07 Å². The summed E-state index contributed by atoms with van der Waals surface area (Å²) in [5.74, 6) is -0.351. The van der Waals surface area contributed by atoms with Crippen LogP contribution in [0.15, 0.2) is 51.4 Å². The maximum Gasteiger partial charge on any atom is 0.123 e. The van der Waals surface area contributed by atoms with Crippen molar-refractivity contribution in [3.63, 3.8) is 0 Å². The van der Waals surface area contributed by atoms with Gasteiger partial charge in [-0.2, -0.15) is 0 Å². The number of hydrogen-bond donors (Lipinski definition) is 1. The Labute approximate surface area is 116 Å². The Morgan fingerprint density at radius 1 is 0.941 bits per heavy atom. The van der Waals surface area contributed by atoms with E-state index in [0.717, 1.165) is 8.95 Å². The van der Waals surface area contributed by atoms with Crippen LogP contribution in [0.5, 0.6) is 0 Å². The second-order valence-electron chi connectivity index (χ2n) is 3.66. The summed E-state index contributed by atoms with van der Waals surface area (Å²) in [5.41, 5.74) is 1.24. The number of benzene rings is 2. The SMILES string of the molecule is OC(c1cccc(F)c1)c1cc(Br)cc(Br)c1. The zero-order chi connectivity index (χ0) is 12.4. The van der Waals surface area contributed by atoms with Gasteiger partial charge in [-0.15, -0.1) is 0 Å². The number of aliphatic hydroxyl groups is 1. The summed E-state index contributed by atoms with van der Waals surface area (Å²) >= 11 is 6.71. The molecule has 2 aromatic rings. The van der Waals surface area contributed by atoms with Crippen molar-refractivity contribution in [2.45, 2.75) is 6.10 Å². The molecule has 0 aliphatic heterocycles. The Morgan fingerprint density at radius 2 is 1.59 bits per heavy atom. The van der Waals surface area contributed by atoms with Crippen LogP contribution in [0.2, 0.25) is 0 Å². The highest BCUT2D eigenvalue weighted by Gasteiger charge is 2.12. The van der Waals surface area contributed by atoms with E-state index in [0.29, 0.717) is 11.1 Å². The van der Waals surface area contributed by atoms with Crippen LogP contribution in [0.25, 0.3) is 0 Å². The highest BCUT2D eigenvalue weighted by Crippen LogP contribution is 2.28. The van der Waals surface area contributed by atoms with Crippen LogP contribution in [0.4, 0.5) is 4.39 Å². The average molecular weight is 360 g/mol. The largest absolute Gasteiger partial charge is 0.384 e. The summed E-state index contributed by atoms with van der Waals surface area (Å²) in [7, 11) is 0. The zero-order valence-electron chi connectivity index (χ0n) is 8.70. The van der Waals surface area contributed by atoms with Gasteiger partial charge in [-0.05, 0) is 41.5 Å². The van der Waals surface area contributed by atoms with Crippen molar-refractivity contribution in [3.05, 3.63) is 68.4 Å². The highest BCUT2D eigenvalue weighted by molar-refractivity contribution is 9.11. The van der Waals surface area contributed by atoms with E-state index in [1.54, 1.807) is 24.3 Å². The van der Waals surface area contributed by atoms with Crippen molar-refractivity contribution in [3.8, 4) is 0 Å². The fourth-order valence-electron chi connectivity index (χ4n) is 1.60. The molecule has 1 unspecified atom stereocenters. The molecule has 0 radical (unpaired) electrons. The molecule has 0 aromatic heterocycles. The average Bonchev–Trinajstić information content (AvgIpc) is 2.26. The molecule has 1 nitrogen and oxygen atoms in total. The molecule has 0 aliphatic carbocycles. The van der Waals surface area contributed by atoms with Crippen molar-refractivity contribution >= 4 is 31.9 Å². The molecule has 1 N–H and O–H groups in total. The summed E-state index contributed by atoms with van der Waals surface area (Å²) in [6.45, 7) is 0. The number of hydrogen-bond acceptors (Lipinski definition) is 1. The lowest BCUT2D eigenvalue weighted by molar-refractivity contribution is 0.219. The first-order valence-electron chi connectivity index (χ1n) is 4.96. The van der Waals surface area contributed by atoms with Crippen LogP contribution >= 0.6 is 31.9 Å². The Bertz CT molecular complexity index is 522. The molecule has 17 heavy (non-hydrogen) atoms. The van der Waals surface area contributed by atoms with Gasteiger partial charge < -0.3 is 5.11 Å². The van der Waals surface area contributed by atoms with E-state index in [-0.39, 0.29) is 5.82 Å². The van der Waals surface area contributed by atoms with Crippen molar-refractivity contribution < 1.29 is 9.50 Å². The van der Waals surface area contributed by atoms with Gasteiger partial charge in [-0.3, -0.25) is 0 Å². The molecule has 4 heteroatoms. The lowest BCUT2D eigenvalue weighted by atomic mass is 10.0. The predicted octanol–water partition coefficient (Wildman–Crippen LogP) is 4.43. The summed E-state index contributed by atoms with van der Waals surface area (Å²) in [6, 6.07) is 11.5. The third-order valence-electron chi connectivity index (χ3n) is 2.37. The molecule has 2 rings (SSSR count). The van der Waals surface area contributed by atoms with Crippen LogP contribution in [0.3, 0.4) is 0 Å². The minimum absolute atomic E-state index is 0.351. The zero-order valence-corrected chi connectivity index (χ0v) is 11.9. The third kappa shape index (κ3) is 3.15. The van der Waals surface area contributed by atoms with Crippen molar-refractivity contribution in [2.75, 3.05) is 0 Å². The molecule has 0 bridgehead atoms. The van der Waals surface area contributed by atoms with Gasteiger partial charge in [0.05, 0.1) is 0 Å². The van der Waals surface area contributed by atoms with E-state index >= 15 is 0 Å². The van der Waals surface area contributed by atoms with Crippen LogP contribution in [0, 0.1) is 5.82 Å². The number of aliphatic hydroxyl groups excluding tert-OH is 1. The van der Waals surface area contributed by atoms with Gasteiger partial charge in [0.2, 0.25) is 0 Å². The van der Waals surface area contributed by atoms with Gasteiger partial charge in [-0.25, -0.2) is 4.39 Å². The molecule has 88 valence electrons. The van der Waals surface area contributed by atoms with Gasteiger partial charge >= 0.3 is 0 Å². The maximum atomic E-state index is 13.1. The van der Waals surface area contributed by atoms with Crippen molar-refractivity contribution in [1.29, 1.82) is 0 Å². The Kier molecular flexibility index (Phi) is 3.97. The first-order valence-corrected chi connectivity index (χ1v) is 6.54. The summed E-state index contributed by atoms with van der Waals surface area (Å²) < 4.78 is 14.8. The van der Waals surface area contributed by atoms with E-state index in [4.69, 9.17) is 0 Å². The molecule has 0 heterocycles. The van der Waals surface area contributed by atoms with Crippen LogP contribution in [0.1, 0.15) is 17.2 Å².